The molecular formula is C39H41N11O3S. The molecule has 3 aliphatic rings. The van der Waals surface area contributed by atoms with Crippen molar-refractivity contribution in [3.8, 4) is 28.0 Å². The van der Waals surface area contributed by atoms with Crippen LogP contribution in [0.4, 0.5) is 10.8 Å². The fraction of sp³-hybridized carbons (Fsp3) is 0.385. The maximum atomic E-state index is 13.0. The van der Waals surface area contributed by atoms with Gasteiger partial charge in [0.05, 0.1) is 34.2 Å². The van der Waals surface area contributed by atoms with E-state index in [0.29, 0.717) is 24.1 Å². The molecule has 7 heterocycles. The summed E-state index contributed by atoms with van der Waals surface area (Å²) in [5.41, 5.74) is 7.59. The quantitative estimate of drug-likeness (QED) is 0.145. The molecule has 0 radical (unpaired) electrons. The number of hydrogen-bond acceptors (Lipinski definition) is 12. The highest BCUT2D eigenvalue weighted by molar-refractivity contribution is 7.18. The van der Waals surface area contributed by atoms with Crippen LogP contribution >= 0.6 is 11.3 Å². The van der Waals surface area contributed by atoms with Gasteiger partial charge in [-0.05, 0) is 87.5 Å². The van der Waals surface area contributed by atoms with Gasteiger partial charge in [-0.3, -0.25) is 29.6 Å². The molecule has 8 rings (SSSR count). The molecule has 15 heteroatoms. The molecule has 3 amide bonds. The predicted molar refractivity (Wildman–Crippen MR) is 205 cm³/mol. The summed E-state index contributed by atoms with van der Waals surface area (Å²) in [6, 6.07) is 15.5. The first-order valence-electron chi connectivity index (χ1n) is 18.5. The first-order valence-corrected chi connectivity index (χ1v) is 19.3. The van der Waals surface area contributed by atoms with Crippen LogP contribution in [0.1, 0.15) is 66.6 Å². The van der Waals surface area contributed by atoms with Crippen molar-refractivity contribution in [1.82, 2.24) is 39.9 Å². The van der Waals surface area contributed by atoms with E-state index in [2.05, 4.69) is 61.7 Å². The highest BCUT2D eigenvalue weighted by atomic mass is 32.1. The number of carbonyl (C=O) groups is 3. The van der Waals surface area contributed by atoms with Crippen LogP contribution in [-0.2, 0) is 22.6 Å². The lowest BCUT2D eigenvalue weighted by atomic mass is 10.0. The number of fused-ring (bicyclic) bond motifs is 2. The lowest BCUT2D eigenvalue weighted by Crippen LogP contribution is -2.52. The van der Waals surface area contributed by atoms with Crippen LogP contribution < -0.4 is 15.5 Å². The highest BCUT2D eigenvalue weighted by Crippen LogP contribution is 2.36. The summed E-state index contributed by atoms with van der Waals surface area (Å²) in [6.07, 6.45) is 7.09. The third-order valence-electron chi connectivity index (χ3n) is 10.3. The third-order valence-corrected chi connectivity index (χ3v) is 11.3. The average Bonchev–Trinajstić information content (AvgIpc) is 3.91. The minimum atomic E-state index is -0.590. The van der Waals surface area contributed by atoms with Gasteiger partial charge in [0, 0.05) is 62.6 Å². The Morgan fingerprint density at radius 1 is 1.00 bits per heavy atom. The van der Waals surface area contributed by atoms with Crippen molar-refractivity contribution in [3.05, 3.63) is 77.1 Å². The first kappa shape index (κ1) is 35.3. The Morgan fingerprint density at radius 2 is 1.85 bits per heavy atom. The molecule has 1 aromatic carbocycles. The number of aryl methyl sites for hydroxylation is 1. The third kappa shape index (κ3) is 7.14. The number of carbonyl (C=O) groups excluding carboxylic acids is 3. The van der Waals surface area contributed by atoms with E-state index in [1.807, 2.05) is 42.6 Å². The minimum absolute atomic E-state index is 0.132. The summed E-state index contributed by atoms with van der Waals surface area (Å²) in [4.78, 5) is 48.2. The monoisotopic (exact) mass is 743 g/mol. The normalized spacial score (nSPS) is 17.7. The van der Waals surface area contributed by atoms with Gasteiger partial charge in [-0.25, -0.2) is 4.52 Å². The van der Waals surface area contributed by atoms with Crippen LogP contribution in [0.3, 0.4) is 0 Å². The number of piperazine rings is 1. The van der Waals surface area contributed by atoms with Gasteiger partial charge >= 0.3 is 0 Å². The van der Waals surface area contributed by atoms with Crippen molar-refractivity contribution in [3.63, 3.8) is 0 Å². The minimum Gasteiger partial charge on any atom is -0.382 e. The van der Waals surface area contributed by atoms with E-state index in [0.717, 1.165) is 95.8 Å². The number of rotatable bonds is 11. The fourth-order valence-electron chi connectivity index (χ4n) is 7.51. The largest absolute Gasteiger partial charge is 0.382 e. The fourth-order valence-corrected chi connectivity index (χ4v) is 8.43. The first-order chi connectivity index (χ1) is 26.2. The average molecular weight is 744 g/mol. The number of nitrogens with zero attached hydrogens (tertiary/aromatic N) is 9. The second-order valence-electron chi connectivity index (χ2n) is 14.4. The van der Waals surface area contributed by atoms with Gasteiger partial charge in [-0.15, -0.1) is 10.2 Å². The van der Waals surface area contributed by atoms with Gasteiger partial charge in [0.2, 0.25) is 16.9 Å². The van der Waals surface area contributed by atoms with Crippen molar-refractivity contribution in [2.45, 2.75) is 64.6 Å². The second kappa shape index (κ2) is 15.0. The lowest BCUT2D eigenvalue weighted by molar-refractivity contribution is -0.136. The van der Waals surface area contributed by atoms with Crippen molar-refractivity contribution in [2.75, 3.05) is 42.9 Å². The van der Waals surface area contributed by atoms with E-state index < -0.39 is 6.04 Å². The molecule has 0 bridgehead atoms. The van der Waals surface area contributed by atoms with Crippen LogP contribution in [0, 0.1) is 11.3 Å². The number of amides is 3. The van der Waals surface area contributed by atoms with Gasteiger partial charge in [-0.2, -0.15) is 10.4 Å². The Labute approximate surface area is 316 Å². The molecule has 1 unspecified atom stereocenters. The number of anilines is 2. The molecule has 0 aliphatic carbocycles. The number of piperidine rings is 1. The molecule has 5 aromatic rings. The van der Waals surface area contributed by atoms with Crippen molar-refractivity contribution >= 4 is 45.4 Å². The standard InChI is InChI=1S/C39H41N11O3S/c1-24(2)43-31-19-32(33-9-7-28-18-26(20-40)21-42-50(28)33)41-22-30(31)37-45-46-39(54-37)48-15-13-47(14-16-48)12-4-3-5-25-6-8-29-27(17-25)23-49(38(29)53)34-10-11-35(51)44-36(34)52/h6-9,17-19,21-22,24,34H,3-5,10-16,23H2,1-2H3,(H,41,43)(H,44,51,52). The van der Waals surface area contributed by atoms with Crippen LogP contribution in [0.5, 0.6) is 0 Å². The number of benzene rings is 1. The number of imide groups is 1. The summed E-state index contributed by atoms with van der Waals surface area (Å²) in [6.45, 7) is 9.31. The molecule has 0 saturated carbocycles. The number of unbranched alkanes of at least 4 members (excludes halogenated alkanes) is 1. The Hall–Kier alpha value is -5.72. The molecule has 276 valence electrons. The van der Waals surface area contributed by atoms with Gasteiger partial charge in [0.1, 0.15) is 12.1 Å². The Morgan fingerprint density at radius 3 is 2.65 bits per heavy atom. The molecule has 1 atom stereocenters. The second-order valence-corrected chi connectivity index (χ2v) is 15.3. The van der Waals surface area contributed by atoms with Crippen LogP contribution in [-0.4, -0.2) is 97.1 Å². The van der Waals surface area contributed by atoms with E-state index in [9.17, 15) is 19.6 Å². The summed E-state index contributed by atoms with van der Waals surface area (Å²) in [7, 11) is 0. The van der Waals surface area contributed by atoms with Crippen LogP contribution in [0.15, 0.2) is 54.9 Å². The molecule has 2 saturated heterocycles. The van der Waals surface area contributed by atoms with E-state index in [1.165, 1.54) is 5.56 Å². The molecule has 54 heavy (non-hydrogen) atoms. The summed E-state index contributed by atoms with van der Waals surface area (Å²) in [5, 5.41) is 30.6. The SMILES string of the molecule is CC(C)Nc1cc(-c2ccc3cc(C#N)cnn23)ncc1-c1nnc(N2CCN(CCCCc3ccc4c(c3)CN(C3CCC(=O)NC3=O)C4=O)CC2)s1. The molecule has 0 spiro atoms. The molecule has 4 aromatic heterocycles. The molecule has 3 aliphatic heterocycles. The molecular weight excluding hydrogens is 703 g/mol. The maximum absolute atomic E-state index is 13.0. The van der Waals surface area contributed by atoms with Gasteiger partial charge in [0.25, 0.3) is 5.91 Å². The topological polar surface area (TPSA) is 165 Å². The van der Waals surface area contributed by atoms with E-state index in [1.54, 1.807) is 26.9 Å². The number of aromatic nitrogens is 5. The number of nitrogens with one attached hydrogen (secondary N) is 2. The van der Waals surface area contributed by atoms with Crippen molar-refractivity contribution in [2.24, 2.45) is 0 Å². The van der Waals surface area contributed by atoms with E-state index >= 15 is 0 Å². The van der Waals surface area contributed by atoms with Crippen molar-refractivity contribution in [1.29, 1.82) is 5.26 Å². The maximum Gasteiger partial charge on any atom is 0.255 e. The van der Waals surface area contributed by atoms with E-state index in [-0.39, 0.29) is 30.2 Å². The summed E-state index contributed by atoms with van der Waals surface area (Å²) in [5.74, 6) is -0.791. The number of hydrogen-bond donors (Lipinski definition) is 2. The molecule has 2 fully saturated rings. The van der Waals surface area contributed by atoms with Crippen LogP contribution in [0.2, 0.25) is 0 Å². The predicted octanol–water partition coefficient (Wildman–Crippen LogP) is 4.51. The zero-order chi connectivity index (χ0) is 37.3. The van der Waals surface area contributed by atoms with Gasteiger partial charge < -0.3 is 15.1 Å². The highest BCUT2D eigenvalue weighted by Gasteiger charge is 2.39. The Balaban J connectivity index is 0.839. The van der Waals surface area contributed by atoms with Gasteiger partial charge in [-0.1, -0.05) is 23.5 Å². The summed E-state index contributed by atoms with van der Waals surface area (Å²) < 4.78 is 1.80. The van der Waals surface area contributed by atoms with Crippen molar-refractivity contribution < 1.29 is 14.4 Å². The smallest absolute Gasteiger partial charge is 0.255 e. The molecule has 2 N–H and O–H groups in total. The number of pyridine rings is 1. The molecule has 14 nitrogen and oxygen atoms in total. The summed E-state index contributed by atoms with van der Waals surface area (Å²) >= 11 is 1.58. The zero-order valence-electron chi connectivity index (χ0n) is 30.3. The zero-order valence-corrected chi connectivity index (χ0v) is 31.1. The van der Waals surface area contributed by atoms with Crippen LogP contribution in [0.25, 0.3) is 27.5 Å². The Kier molecular flexibility index (Phi) is 9.78. The van der Waals surface area contributed by atoms with Gasteiger partial charge in [0.15, 0.2) is 5.01 Å². The Bertz CT molecular complexity index is 2280. The number of nitriles is 1. The lowest BCUT2D eigenvalue weighted by Gasteiger charge is -2.34. The van der Waals surface area contributed by atoms with E-state index in [4.69, 9.17) is 4.98 Å².